The molecule has 3 rings (SSSR count). The molecule has 1 aromatic heterocycles. The molecule has 1 saturated carbocycles. The number of aromatic nitrogens is 3. The van der Waals surface area contributed by atoms with Gasteiger partial charge in [-0.2, -0.15) is 28.1 Å². The third-order valence-electron chi connectivity index (χ3n) is 4.64. The van der Waals surface area contributed by atoms with Crippen LogP contribution in [0.25, 0.3) is 0 Å². The summed E-state index contributed by atoms with van der Waals surface area (Å²) in [5.41, 5.74) is 0.649. The van der Waals surface area contributed by atoms with Crippen LogP contribution in [0.3, 0.4) is 0 Å². The van der Waals surface area contributed by atoms with Gasteiger partial charge in [-0.3, -0.25) is 0 Å². The quantitative estimate of drug-likeness (QED) is 0.684. The van der Waals surface area contributed by atoms with E-state index >= 15 is 0 Å². The highest BCUT2D eigenvalue weighted by Crippen LogP contribution is 2.26. The standard InChI is InChI=1S/C19H24F3N5O2/c1-12(19(20,21)22)29-18-26-16(23-13-6-4-3-5-7-13)25-17(27-18)24-14-8-10-15(28-2)11-9-14/h8-13H,3-7H2,1-2H3,(H2,23,24,25,26,27). The molecule has 0 saturated heterocycles. The van der Waals surface area contributed by atoms with Crippen LogP contribution in [0.15, 0.2) is 24.3 Å². The van der Waals surface area contributed by atoms with E-state index in [-0.39, 0.29) is 23.9 Å². The third kappa shape index (κ3) is 6.10. The summed E-state index contributed by atoms with van der Waals surface area (Å²) in [6.07, 6.45) is -1.28. The summed E-state index contributed by atoms with van der Waals surface area (Å²) in [5.74, 6) is 0.953. The van der Waals surface area contributed by atoms with E-state index in [0.29, 0.717) is 11.4 Å². The largest absolute Gasteiger partial charge is 0.497 e. The molecule has 2 N–H and O–H groups in total. The van der Waals surface area contributed by atoms with Gasteiger partial charge in [0.15, 0.2) is 6.10 Å². The summed E-state index contributed by atoms with van der Waals surface area (Å²) in [6, 6.07) is 6.76. The van der Waals surface area contributed by atoms with Gasteiger partial charge in [0.2, 0.25) is 11.9 Å². The fourth-order valence-corrected chi connectivity index (χ4v) is 2.99. The average Bonchev–Trinajstić information content (AvgIpc) is 2.68. The molecule has 1 unspecified atom stereocenters. The maximum Gasteiger partial charge on any atom is 0.425 e. The summed E-state index contributed by atoms with van der Waals surface area (Å²) in [6.45, 7) is 0.911. The van der Waals surface area contributed by atoms with Crippen molar-refractivity contribution < 1.29 is 22.6 Å². The lowest BCUT2D eigenvalue weighted by Crippen LogP contribution is -2.32. The number of hydrogen-bond donors (Lipinski definition) is 2. The highest BCUT2D eigenvalue weighted by molar-refractivity contribution is 5.55. The van der Waals surface area contributed by atoms with Gasteiger partial charge in [0, 0.05) is 11.7 Å². The molecule has 0 amide bonds. The lowest BCUT2D eigenvalue weighted by Gasteiger charge is -2.23. The van der Waals surface area contributed by atoms with Crippen molar-refractivity contribution in [1.29, 1.82) is 0 Å². The molecule has 2 aromatic rings. The van der Waals surface area contributed by atoms with Crippen molar-refractivity contribution in [3.63, 3.8) is 0 Å². The van der Waals surface area contributed by atoms with Crippen LogP contribution in [0.1, 0.15) is 39.0 Å². The molecule has 29 heavy (non-hydrogen) atoms. The second-order valence-corrected chi connectivity index (χ2v) is 6.90. The van der Waals surface area contributed by atoms with Gasteiger partial charge in [-0.1, -0.05) is 19.3 Å². The molecule has 1 atom stereocenters. The van der Waals surface area contributed by atoms with Gasteiger partial charge >= 0.3 is 12.2 Å². The van der Waals surface area contributed by atoms with Gasteiger partial charge < -0.3 is 20.1 Å². The fraction of sp³-hybridized carbons (Fsp3) is 0.526. The zero-order valence-electron chi connectivity index (χ0n) is 16.3. The molecule has 7 nitrogen and oxygen atoms in total. The van der Waals surface area contributed by atoms with Crippen LogP contribution in [0.2, 0.25) is 0 Å². The Kier molecular flexibility index (Phi) is 6.60. The Morgan fingerprint density at radius 3 is 2.28 bits per heavy atom. The third-order valence-corrected chi connectivity index (χ3v) is 4.64. The molecule has 0 radical (unpaired) electrons. The molecule has 0 bridgehead atoms. The number of methoxy groups -OCH3 is 1. The van der Waals surface area contributed by atoms with E-state index in [1.54, 1.807) is 31.4 Å². The van der Waals surface area contributed by atoms with Gasteiger partial charge in [-0.15, -0.1) is 0 Å². The van der Waals surface area contributed by atoms with Gasteiger partial charge in [0.05, 0.1) is 7.11 Å². The number of rotatable bonds is 7. The first-order chi connectivity index (χ1) is 13.8. The van der Waals surface area contributed by atoms with Gasteiger partial charge in [-0.25, -0.2) is 0 Å². The van der Waals surface area contributed by atoms with Crippen LogP contribution in [-0.4, -0.2) is 40.4 Å². The van der Waals surface area contributed by atoms with Crippen LogP contribution < -0.4 is 20.1 Å². The smallest absolute Gasteiger partial charge is 0.425 e. The minimum absolute atomic E-state index is 0.0906. The summed E-state index contributed by atoms with van der Waals surface area (Å²) < 4.78 is 48.7. The van der Waals surface area contributed by atoms with E-state index in [4.69, 9.17) is 9.47 Å². The lowest BCUT2D eigenvalue weighted by molar-refractivity contribution is -0.190. The molecule has 1 aliphatic rings. The van der Waals surface area contributed by atoms with E-state index in [2.05, 4.69) is 25.6 Å². The van der Waals surface area contributed by atoms with Crippen LogP contribution in [0.4, 0.5) is 30.8 Å². The Balaban J connectivity index is 1.82. The number of halogens is 3. The van der Waals surface area contributed by atoms with Crippen molar-refractivity contribution in [3.05, 3.63) is 24.3 Å². The Hall–Kier alpha value is -2.78. The minimum atomic E-state index is -4.52. The lowest BCUT2D eigenvalue weighted by atomic mass is 9.96. The Bertz CT molecular complexity index is 795. The van der Waals surface area contributed by atoms with E-state index in [0.717, 1.165) is 32.6 Å². The van der Waals surface area contributed by atoms with Crippen LogP contribution >= 0.6 is 0 Å². The number of hydrogen-bond acceptors (Lipinski definition) is 7. The monoisotopic (exact) mass is 411 g/mol. The molecule has 0 spiro atoms. The van der Waals surface area contributed by atoms with Crippen LogP contribution in [0.5, 0.6) is 11.8 Å². The summed E-state index contributed by atoms with van der Waals surface area (Å²) in [4.78, 5) is 12.3. The van der Waals surface area contributed by atoms with E-state index in [1.165, 1.54) is 6.42 Å². The fourth-order valence-electron chi connectivity index (χ4n) is 2.99. The predicted octanol–water partition coefficient (Wildman–Crippen LogP) is 4.70. The molecule has 1 aliphatic carbocycles. The first kappa shape index (κ1) is 20.9. The van der Waals surface area contributed by atoms with Crippen molar-refractivity contribution in [2.75, 3.05) is 17.7 Å². The Labute approximate surface area is 167 Å². The number of anilines is 3. The van der Waals surface area contributed by atoms with E-state index in [1.807, 2.05) is 0 Å². The van der Waals surface area contributed by atoms with Crippen molar-refractivity contribution in [3.8, 4) is 11.8 Å². The highest BCUT2D eigenvalue weighted by Gasteiger charge is 2.38. The number of alkyl halides is 3. The number of nitrogens with zero attached hydrogens (tertiary/aromatic N) is 3. The van der Waals surface area contributed by atoms with Crippen molar-refractivity contribution in [2.45, 2.75) is 57.3 Å². The first-order valence-corrected chi connectivity index (χ1v) is 9.50. The second kappa shape index (κ2) is 9.15. The van der Waals surface area contributed by atoms with Gasteiger partial charge in [-0.05, 0) is 44.0 Å². The minimum Gasteiger partial charge on any atom is -0.497 e. The summed E-state index contributed by atoms with van der Waals surface area (Å²) in [7, 11) is 1.56. The van der Waals surface area contributed by atoms with Crippen LogP contribution in [0, 0.1) is 0 Å². The molecular formula is C19H24F3N5O2. The molecule has 1 heterocycles. The second-order valence-electron chi connectivity index (χ2n) is 6.90. The average molecular weight is 411 g/mol. The zero-order chi connectivity index (χ0) is 20.9. The van der Waals surface area contributed by atoms with E-state index in [9.17, 15) is 13.2 Å². The molecule has 158 valence electrons. The van der Waals surface area contributed by atoms with Crippen LogP contribution in [-0.2, 0) is 0 Å². The van der Waals surface area contributed by atoms with Crippen molar-refractivity contribution in [2.24, 2.45) is 0 Å². The van der Waals surface area contributed by atoms with Gasteiger partial charge in [0.25, 0.3) is 0 Å². The van der Waals surface area contributed by atoms with E-state index < -0.39 is 12.3 Å². The predicted molar refractivity (Wildman–Crippen MR) is 103 cm³/mol. The molecule has 1 aromatic carbocycles. The number of ether oxygens (including phenoxy) is 2. The maximum atomic E-state index is 12.9. The number of benzene rings is 1. The highest BCUT2D eigenvalue weighted by atomic mass is 19.4. The molecular weight excluding hydrogens is 387 g/mol. The SMILES string of the molecule is COc1ccc(Nc2nc(NC3CCCCC3)nc(OC(C)C(F)(F)F)n2)cc1. The molecule has 1 fully saturated rings. The van der Waals surface area contributed by atoms with Crippen molar-refractivity contribution in [1.82, 2.24) is 15.0 Å². The Morgan fingerprint density at radius 1 is 1.00 bits per heavy atom. The molecule has 10 heteroatoms. The van der Waals surface area contributed by atoms with Gasteiger partial charge in [0.1, 0.15) is 5.75 Å². The molecule has 0 aliphatic heterocycles. The maximum absolute atomic E-state index is 12.9. The summed E-state index contributed by atoms with van der Waals surface area (Å²) >= 11 is 0. The first-order valence-electron chi connectivity index (χ1n) is 9.50. The zero-order valence-corrected chi connectivity index (χ0v) is 16.3. The normalized spacial score (nSPS) is 16.2. The number of nitrogens with one attached hydrogen (secondary N) is 2. The Morgan fingerprint density at radius 2 is 1.66 bits per heavy atom. The topological polar surface area (TPSA) is 81.2 Å². The van der Waals surface area contributed by atoms with Crippen molar-refractivity contribution >= 4 is 17.6 Å². The summed E-state index contributed by atoms with van der Waals surface area (Å²) in [5, 5.41) is 6.16.